The van der Waals surface area contributed by atoms with Crippen LogP contribution in [0.2, 0.25) is 0 Å². The quantitative estimate of drug-likeness (QED) is 0.768. The fourth-order valence-electron chi connectivity index (χ4n) is 4.02. The van der Waals surface area contributed by atoms with Gasteiger partial charge in [-0.15, -0.1) is 0 Å². The summed E-state index contributed by atoms with van der Waals surface area (Å²) >= 11 is 0. The highest BCUT2D eigenvalue weighted by molar-refractivity contribution is 5.82. The van der Waals surface area contributed by atoms with Crippen molar-refractivity contribution in [3.8, 4) is 0 Å². The van der Waals surface area contributed by atoms with Crippen LogP contribution in [0.5, 0.6) is 0 Å². The average molecular weight is 367 g/mol. The lowest BCUT2D eigenvalue weighted by Gasteiger charge is -2.33. The van der Waals surface area contributed by atoms with Crippen molar-refractivity contribution >= 4 is 11.8 Å². The first-order valence-corrected chi connectivity index (χ1v) is 10.3. The zero-order chi connectivity index (χ0) is 19.4. The highest BCUT2D eigenvalue weighted by atomic mass is 16.5. The molecule has 2 heterocycles. The molecule has 1 unspecified atom stereocenters. The van der Waals surface area contributed by atoms with Crippen LogP contribution in [0.3, 0.4) is 0 Å². The van der Waals surface area contributed by atoms with Gasteiger partial charge in [-0.25, -0.2) is 0 Å². The summed E-state index contributed by atoms with van der Waals surface area (Å²) in [6.07, 6.45) is 6.26. The second kappa shape index (κ2) is 8.73. The van der Waals surface area contributed by atoms with Crippen LogP contribution in [-0.4, -0.2) is 60.5 Å². The van der Waals surface area contributed by atoms with Crippen molar-refractivity contribution in [1.82, 2.24) is 9.80 Å². The molecule has 0 aliphatic carbocycles. The maximum Gasteiger partial charge on any atom is 0.228 e. The van der Waals surface area contributed by atoms with Crippen molar-refractivity contribution in [1.29, 1.82) is 0 Å². The van der Waals surface area contributed by atoms with Crippen LogP contribution in [0, 0.1) is 10.8 Å². The minimum absolute atomic E-state index is 0.0405. The topological polar surface area (TPSA) is 49.9 Å². The Morgan fingerprint density at radius 2 is 1.42 bits per heavy atom. The molecular weight excluding hydrogens is 328 g/mol. The van der Waals surface area contributed by atoms with Crippen LogP contribution < -0.4 is 0 Å². The number of hydrogen-bond acceptors (Lipinski definition) is 3. The van der Waals surface area contributed by atoms with Gasteiger partial charge in [-0.05, 0) is 25.7 Å². The second-order valence-electron chi connectivity index (χ2n) is 9.62. The highest BCUT2D eigenvalue weighted by Gasteiger charge is 2.36. The molecule has 150 valence electrons. The number of nitrogens with zero attached hydrogens (tertiary/aromatic N) is 2. The van der Waals surface area contributed by atoms with Crippen LogP contribution in [-0.2, 0) is 14.3 Å². The smallest absolute Gasteiger partial charge is 0.228 e. The van der Waals surface area contributed by atoms with E-state index in [2.05, 4.69) is 4.90 Å². The molecule has 26 heavy (non-hydrogen) atoms. The van der Waals surface area contributed by atoms with E-state index in [1.54, 1.807) is 0 Å². The number of carbonyl (C=O) groups excluding carboxylic acids is 2. The van der Waals surface area contributed by atoms with E-state index in [1.807, 2.05) is 39.5 Å². The van der Waals surface area contributed by atoms with E-state index in [9.17, 15) is 9.59 Å². The Labute approximate surface area is 159 Å². The number of carbonyl (C=O) groups is 2. The SMILES string of the molecule is CC(C)(C)C(=O)N1CCOC(CC(C)(C)C(=O)N2CCCCCC2)CC1. The molecule has 1 atom stereocenters. The predicted molar refractivity (Wildman–Crippen MR) is 104 cm³/mol. The molecule has 2 saturated heterocycles. The molecule has 0 aromatic rings. The number of ether oxygens (including phenoxy) is 1. The third kappa shape index (κ3) is 5.70. The zero-order valence-corrected chi connectivity index (χ0v) is 17.5. The van der Waals surface area contributed by atoms with E-state index in [1.165, 1.54) is 12.8 Å². The van der Waals surface area contributed by atoms with E-state index < -0.39 is 5.41 Å². The van der Waals surface area contributed by atoms with Gasteiger partial charge in [0.1, 0.15) is 0 Å². The molecule has 0 bridgehead atoms. The predicted octanol–water partition coefficient (Wildman–Crippen LogP) is 3.47. The van der Waals surface area contributed by atoms with Gasteiger partial charge in [-0.2, -0.15) is 0 Å². The van der Waals surface area contributed by atoms with E-state index in [-0.39, 0.29) is 23.3 Å². The maximum absolute atomic E-state index is 13.0. The van der Waals surface area contributed by atoms with Gasteiger partial charge in [-0.3, -0.25) is 9.59 Å². The van der Waals surface area contributed by atoms with Crippen LogP contribution in [0.4, 0.5) is 0 Å². The maximum atomic E-state index is 13.0. The first-order chi connectivity index (χ1) is 12.1. The summed E-state index contributed by atoms with van der Waals surface area (Å²) in [5.74, 6) is 0.441. The van der Waals surface area contributed by atoms with Gasteiger partial charge in [0.2, 0.25) is 11.8 Å². The molecule has 0 saturated carbocycles. The summed E-state index contributed by atoms with van der Waals surface area (Å²) in [4.78, 5) is 29.5. The minimum atomic E-state index is -0.418. The van der Waals surface area contributed by atoms with Crippen LogP contribution in [0.25, 0.3) is 0 Å². The monoisotopic (exact) mass is 366 g/mol. The van der Waals surface area contributed by atoms with E-state index >= 15 is 0 Å². The van der Waals surface area contributed by atoms with Crippen molar-refractivity contribution in [2.24, 2.45) is 10.8 Å². The van der Waals surface area contributed by atoms with Crippen LogP contribution >= 0.6 is 0 Å². The molecule has 2 fully saturated rings. The van der Waals surface area contributed by atoms with E-state index in [0.29, 0.717) is 13.2 Å². The average Bonchev–Trinajstić information content (AvgIpc) is 2.95. The largest absolute Gasteiger partial charge is 0.376 e. The van der Waals surface area contributed by atoms with Crippen molar-refractivity contribution in [2.75, 3.05) is 32.8 Å². The summed E-state index contributed by atoms with van der Waals surface area (Å²) in [6.45, 7) is 13.7. The third-order valence-electron chi connectivity index (χ3n) is 5.57. The van der Waals surface area contributed by atoms with Crippen molar-refractivity contribution in [3.63, 3.8) is 0 Å². The van der Waals surface area contributed by atoms with Gasteiger partial charge in [-0.1, -0.05) is 47.5 Å². The molecule has 5 nitrogen and oxygen atoms in total. The molecule has 2 aliphatic heterocycles. The number of rotatable bonds is 3. The fourth-order valence-corrected chi connectivity index (χ4v) is 4.02. The molecule has 0 aromatic carbocycles. The van der Waals surface area contributed by atoms with Gasteiger partial charge in [0.25, 0.3) is 0 Å². The Kier molecular flexibility index (Phi) is 7.12. The summed E-state index contributed by atoms with van der Waals surface area (Å²) in [6, 6.07) is 0. The normalized spacial score (nSPS) is 23.3. The minimum Gasteiger partial charge on any atom is -0.376 e. The summed E-state index contributed by atoms with van der Waals surface area (Å²) in [5.41, 5.74) is -0.778. The number of amides is 2. The summed E-state index contributed by atoms with van der Waals surface area (Å²) in [5, 5.41) is 0. The lowest BCUT2D eigenvalue weighted by Crippen LogP contribution is -2.43. The Morgan fingerprint density at radius 3 is 2.00 bits per heavy atom. The van der Waals surface area contributed by atoms with Crippen molar-refractivity contribution in [3.05, 3.63) is 0 Å². The van der Waals surface area contributed by atoms with Crippen LogP contribution in [0.15, 0.2) is 0 Å². The standard InChI is InChI=1S/C21H38N2O3/c1-20(2,3)18(24)23-13-10-17(26-15-14-23)16-21(4,5)19(25)22-11-8-6-7-9-12-22/h17H,6-16H2,1-5H3. The number of likely N-dealkylation sites (tertiary alicyclic amines) is 1. The second-order valence-corrected chi connectivity index (χ2v) is 9.62. The molecule has 2 amide bonds. The Balaban J connectivity index is 1.92. The third-order valence-corrected chi connectivity index (χ3v) is 5.57. The van der Waals surface area contributed by atoms with Crippen molar-refractivity contribution in [2.45, 2.75) is 79.2 Å². The molecular formula is C21H38N2O3. The van der Waals surface area contributed by atoms with Gasteiger partial charge in [0.15, 0.2) is 0 Å². The number of hydrogen-bond donors (Lipinski definition) is 0. The fraction of sp³-hybridized carbons (Fsp3) is 0.905. The summed E-state index contributed by atoms with van der Waals surface area (Å²) in [7, 11) is 0. The Hall–Kier alpha value is -1.10. The first kappa shape index (κ1) is 21.2. The zero-order valence-electron chi connectivity index (χ0n) is 17.5. The van der Waals surface area contributed by atoms with E-state index in [4.69, 9.17) is 4.74 Å². The van der Waals surface area contributed by atoms with Gasteiger partial charge in [0, 0.05) is 37.0 Å². The molecule has 0 spiro atoms. The molecule has 0 N–H and O–H groups in total. The van der Waals surface area contributed by atoms with E-state index in [0.717, 1.165) is 45.3 Å². The van der Waals surface area contributed by atoms with Crippen molar-refractivity contribution < 1.29 is 14.3 Å². The lowest BCUT2D eigenvalue weighted by molar-refractivity contribution is -0.142. The molecule has 0 radical (unpaired) electrons. The molecule has 2 rings (SSSR count). The van der Waals surface area contributed by atoms with Gasteiger partial charge in [0.05, 0.1) is 12.7 Å². The summed E-state index contributed by atoms with van der Waals surface area (Å²) < 4.78 is 6.03. The Bertz CT molecular complexity index is 488. The molecule has 5 heteroatoms. The molecule has 2 aliphatic rings. The van der Waals surface area contributed by atoms with Gasteiger partial charge < -0.3 is 14.5 Å². The lowest BCUT2D eigenvalue weighted by atomic mass is 9.84. The van der Waals surface area contributed by atoms with Crippen LogP contribution in [0.1, 0.15) is 73.1 Å². The highest BCUT2D eigenvalue weighted by Crippen LogP contribution is 2.30. The first-order valence-electron chi connectivity index (χ1n) is 10.3. The molecule has 0 aromatic heterocycles. The Morgan fingerprint density at radius 1 is 0.846 bits per heavy atom. The van der Waals surface area contributed by atoms with Gasteiger partial charge >= 0.3 is 0 Å².